The summed E-state index contributed by atoms with van der Waals surface area (Å²) in [6.45, 7) is 9.52. The van der Waals surface area contributed by atoms with Crippen LogP contribution in [-0.2, 0) is 6.42 Å². The van der Waals surface area contributed by atoms with Crippen LogP contribution in [0, 0.1) is 5.92 Å². The first kappa shape index (κ1) is 14.0. The van der Waals surface area contributed by atoms with Gasteiger partial charge in [0.25, 0.3) is 0 Å². The molecule has 102 valence electrons. The molecule has 1 N–H and O–H groups in total. The van der Waals surface area contributed by atoms with Crippen LogP contribution in [0.3, 0.4) is 0 Å². The average Bonchev–Trinajstić information content (AvgIpc) is 2.90. The minimum atomic E-state index is 0.659. The number of nitrogens with zero attached hydrogens (tertiary/aromatic N) is 1. The molecule has 2 heterocycles. The average molecular weight is 266 g/mol. The Morgan fingerprint density at radius 3 is 3.06 bits per heavy atom. The quantitative estimate of drug-likeness (QED) is 0.851. The van der Waals surface area contributed by atoms with Crippen LogP contribution in [0.5, 0.6) is 0 Å². The lowest BCUT2D eigenvalue weighted by atomic mass is 9.98. The Balaban J connectivity index is 1.82. The van der Waals surface area contributed by atoms with E-state index in [9.17, 15) is 0 Å². The second-order valence-electron chi connectivity index (χ2n) is 5.48. The molecule has 2 nitrogen and oxygen atoms in total. The third-order valence-electron chi connectivity index (χ3n) is 4.03. The van der Waals surface area contributed by atoms with Crippen molar-refractivity contribution in [1.29, 1.82) is 0 Å². The van der Waals surface area contributed by atoms with Gasteiger partial charge >= 0.3 is 0 Å². The number of thiophene rings is 1. The maximum Gasteiger partial charge on any atom is 0.0108 e. The van der Waals surface area contributed by atoms with Crippen molar-refractivity contribution in [1.82, 2.24) is 10.2 Å². The number of nitrogens with one attached hydrogen (secondary N) is 1. The Labute approximate surface area is 115 Å². The standard InChI is InChI=1S/C15H26N2S/c1-3-17(11-15-5-4-7-16-10-15)13(2)9-14-6-8-18-12-14/h6,8,12-13,15-16H,3-5,7,9-11H2,1-2H3. The summed E-state index contributed by atoms with van der Waals surface area (Å²) >= 11 is 1.81. The van der Waals surface area contributed by atoms with Gasteiger partial charge in [-0.3, -0.25) is 0 Å². The second-order valence-corrected chi connectivity index (χ2v) is 6.26. The molecule has 1 aliphatic heterocycles. The van der Waals surface area contributed by atoms with Gasteiger partial charge in [0.1, 0.15) is 0 Å². The molecule has 2 unspecified atom stereocenters. The van der Waals surface area contributed by atoms with Crippen molar-refractivity contribution in [2.45, 2.75) is 39.2 Å². The summed E-state index contributed by atoms with van der Waals surface area (Å²) in [6.07, 6.45) is 3.94. The Hall–Kier alpha value is -0.380. The zero-order chi connectivity index (χ0) is 12.8. The fourth-order valence-corrected chi connectivity index (χ4v) is 3.59. The maximum atomic E-state index is 3.52. The van der Waals surface area contributed by atoms with E-state index in [1.165, 1.54) is 51.0 Å². The predicted octanol–water partition coefficient (Wildman–Crippen LogP) is 3.00. The summed E-state index contributed by atoms with van der Waals surface area (Å²) in [5.41, 5.74) is 1.49. The number of piperidine rings is 1. The lowest BCUT2D eigenvalue weighted by Crippen LogP contribution is -2.42. The molecular weight excluding hydrogens is 240 g/mol. The highest BCUT2D eigenvalue weighted by molar-refractivity contribution is 7.07. The molecule has 1 fully saturated rings. The molecular formula is C15H26N2S. The van der Waals surface area contributed by atoms with Crippen molar-refractivity contribution < 1.29 is 0 Å². The molecule has 2 rings (SSSR count). The molecule has 0 radical (unpaired) electrons. The van der Waals surface area contributed by atoms with Gasteiger partial charge in [0, 0.05) is 12.6 Å². The van der Waals surface area contributed by atoms with Crippen LogP contribution in [0.2, 0.25) is 0 Å². The third kappa shape index (κ3) is 4.08. The van der Waals surface area contributed by atoms with E-state index < -0.39 is 0 Å². The van der Waals surface area contributed by atoms with Crippen molar-refractivity contribution >= 4 is 11.3 Å². The molecule has 0 bridgehead atoms. The summed E-state index contributed by atoms with van der Waals surface area (Å²) in [4.78, 5) is 2.65. The number of rotatable bonds is 6. The van der Waals surface area contributed by atoms with Gasteiger partial charge in [-0.05, 0) is 74.1 Å². The van der Waals surface area contributed by atoms with E-state index in [-0.39, 0.29) is 0 Å². The monoisotopic (exact) mass is 266 g/mol. The minimum absolute atomic E-state index is 0.659. The zero-order valence-corrected chi connectivity index (χ0v) is 12.5. The minimum Gasteiger partial charge on any atom is -0.316 e. The van der Waals surface area contributed by atoms with E-state index in [4.69, 9.17) is 0 Å². The molecule has 2 atom stereocenters. The lowest BCUT2D eigenvalue weighted by molar-refractivity contribution is 0.169. The SMILES string of the molecule is CCN(CC1CCCNC1)C(C)Cc1ccsc1. The van der Waals surface area contributed by atoms with Crippen molar-refractivity contribution in [3.63, 3.8) is 0 Å². The van der Waals surface area contributed by atoms with Gasteiger partial charge in [-0.1, -0.05) is 6.92 Å². The van der Waals surface area contributed by atoms with Crippen LogP contribution in [0.1, 0.15) is 32.3 Å². The number of hydrogen-bond acceptors (Lipinski definition) is 3. The Morgan fingerprint density at radius 1 is 1.56 bits per heavy atom. The molecule has 18 heavy (non-hydrogen) atoms. The highest BCUT2D eigenvalue weighted by Crippen LogP contribution is 2.16. The summed E-state index contributed by atoms with van der Waals surface area (Å²) in [7, 11) is 0. The van der Waals surface area contributed by atoms with E-state index in [1.54, 1.807) is 0 Å². The highest BCUT2D eigenvalue weighted by Gasteiger charge is 2.19. The molecule has 1 aliphatic rings. The summed E-state index contributed by atoms with van der Waals surface area (Å²) < 4.78 is 0. The van der Waals surface area contributed by atoms with E-state index in [0.717, 1.165) is 5.92 Å². The molecule has 1 aromatic rings. The van der Waals surface area contributed by atoms with Gasteiger partial charge in [-0.25, -0.2) is 0 Å². The largest absolute Gasteiger partial charge is 0.316 e. The van der Waals surface area contributed by atoms with Crippen molar-refractivity contribution in [2.24, 2.45) is 5.92 Å². The van der Waals surface area contributed by atoms with Gasteiger partial charge in [-0.15, -0.1) is 0 Å². The van der Waals surface area contributed by atoms with Crippen LogP contribution in [0.15, 0.2) is 16.8 Å². The summed E-state index contributed by atoms with van der Waals surface area (Å²) in [6, 6.07) is 2.92. The molecule has 0 aliphatic carbocycles. The van der Waals surface area contributed by atoms with Gasteiger partial charge in [0.2, 0.25) is 0 Å². The Morgan fingerprint density at radius 2 is 2.44 bits per heavy atom. The molecule has 0 amide bonds. The smallest absolute Gasteiger partial charge is 0.0108 e. The molecule has 1 saturated heterocycles. The predicted molar refractivity (Wildman–Crippen MR) is 80.3 cm³/mol. The summed E-state index contributed by atoms with van der Waals surface area (Å²) in [5.74, 6) is 0.851. The van der Waals surface area contributed by atoms with E-state index in [0.29, 0.717) is 6.04 Å². The lowest BCUT2D eigenvalue weighted by Gasteiger charge is -2.33. The molecule has 0 aromatic carbocycles. The van der Waals surface area contributed by atoms with Crippen LogP contribution in [-0.4, -0.2) is 37.1 Å². The molecule has 0 spiro atoms. The second kappa shape index (κ2) is 7.27. The molecule has 3 heteroatoms. The highest BCUT2D eigenvalue weighted by atomic mass is 32.1. The van der Waals surface area contributed by atoms with Crippen molar-refractivity contribution in [3.05, 3.63) is 22.4 Å². The first-order valence-corrected chi connectivity index (χ1v) is 8.19. The van der Waals surface area contributed by atoms with Crippen LogP contribution in [0.4, 0.5) is 0 Å². The molecule has 0 saturated carbocycles. The topological polar surface area (TPSA) is 15.3 Å². The first-order chi connectivity index (χ1) is 8.79. The maximum absolute atomic E-state index is 3.52. The van der Waals surface area contributed by atoms with Gasteiger partial charge in [-0.2, -0.15) is 11.3 Å². The normalized spacial score (nSPS) is 22.3. The Bertz CT molecular complexity index is 317. The molecule has 1 aromatic heterocycles. The first-order valence-electron chi connectivity index (χ1n) is 7.25. The van der Waals surface area contributed by atoms with Gasteiger partial charge < -0.3 is 10.2 Å². The summed E-state index contributed by atoms with van der Waals surface area (Å²) in [5, 5.41) is 7.99. The van der Waals surface area contributed by atoms with Crippen LogP contribution < -0.4 is 5.32 Å². The zero-order valence-electron chi connectivity index (χ0n) is 11.7. The van der Waals surface area contributed by atoms with E-state index >= 15 is 0 Å². The fourth-order valence-electron chi connectivity index (χ4n) is 2.91. The van der Waals surface area contributed by atoms with Gasteiger partial charge in [0.05, 0.1) is 0 Å². The fraction of sp³-hybridized carbons (Fsp3) is 0.733. The third-order valence-corrected chi connectivity index (χ3v) is 4.76. The van der Waals surface area contributed by atoms with E-state index in [2.05, 4.69) is 40.9 Å². The van der Waals surface area contributed by atoms with Crippen molar-refractivity contribution in [2.75, 3.05) is 26.2 Å². The van der Waals surface area contributed by atoms with Crippen LogP contribution >= 0.6 is 11.3 Å². The number of hydrogen-bond donors (Lipinski definition) is 1. The van der Waals surface area contributed by atoms with Gasteiger partial charge in [0.15, 0.2) is 0 Å². The van der Waals surface area contributed by atoms with Crippen molar-refractivity contribution in [3.8, 4) is 0 Å². The Kier molecular flexibility index (Phi) is 5.67. The van der Waals surface area contributed by atoms with E-state index in [1.807, 2.05) is 11.3 Å². The number of likely N-dealkylation sites (N-methyl/N-ethyl adjacent to an activating group) is 1. The van der Waals surface area contributed by atoms with Crippen LogP contribution in [0.25, 0.3) is 0 Å².